The van der Waals surface area contributed by atoms with Crippen LogP contribution < -0.4 is 10.1 Å². The number of thioether (sulfide) groups is 1. The minimum atomic E-state index is -0.0384. The number of urea groups is 1. The summed E-state index contributed by atoms with van der Waals surface area (Å²) in [4.78, 5) is 16.4. The van der Waals surface area contributed by atoms with Crippen molar-refractivity contribution in [1.29, 1.82) is 0 Å². The molecule has 0 aliphatic carbocycles. The molecule has 1 fully saturated rings. The van der Waals surface area contributed by atoms with E-state index < -0.39 is 0 Å². The standard InChI is InChI=1S/C15H23N3O2S/c1-17(2)13-9-18(10-14(13)21-4)15(19)16-11-5-7-12(20-3)8-6-11/h5-8,13-14H,9-10H2,1-4H3,(H,16,19)/t13-,14-/m0/s1. The minimum absolute atomic E-state index is 0.0384. The molecular weight excluding hydrogens is 286 g/mol. The van der Waals surface area contributed by atoms with E-state index in [4.69, 9.17) is 4.74 Å². The van der Waals surface area contributed by atoms with E-state index in [0.29, 0.717) is 11.3 Å². The van der Waals surface area contributed by atoms with Crippen LogP contribution in [-0.4, -0.2) is 67.7 Å². The summed E-state index contributed by atoms with van der Waals surface area (Å²) in [6, 6.07) is 7.75. The fourth-order valence-corrected chi connectivity index (χ4v) is 3.50. The lowest BCUT2D eigenvalue weighted by atomic mass is 10.2. The van der Waals surface area contributed by atoms with Crippen LogP contribution in [0.1, 0.15) is 0 Å². The van der Waals surface area contributed by atoms with Gasteiger partial charge in [-0.3, -0.25) is 0 Å². The Balaban J connectivity index is 1.97. The molecule has 1 heterocycles. The van der Waals surface area contributed by atoms with Crippen LogP contribution in [0.15, 0.2) is 24.3 Å². The molecule has 0 saturated carbocycles. The lowest BCUT2D eigenvalue weighted by molar-refractivity contribution is 0.216. The van der Waals surface area contributed by atoms with Crippen molar-refractivity contribution in [2.24, 2.45) is 0 Å². The maximum absolute atomic E-state index is 12.4. The van der Waals surface area contributed by atoms with Gasteiger partial charge in [0.2, 0.25) is 0 Å². The molecule has 0 unspecified atom stereocenters. The molecule has 5 nitrogen and oxygen atoms in total. The van der Waals surface area contributed by atoms with Gasteiger partial charge in [-0.15, -0.1) is 0 Å². The molecular formula is C15H23N3O2S. The molecule has 1 aromatic carbocycles. The van der Waals surface area contributed by atoms with Crippen LogP contribution in [0.25, 0.3) is 0 Å². The average Bonchev–Trinajstić information content (AvgIpc) is 2.92. The maximum Gasteiger partial charge on any atom is 0.321 e. The first-order valence-electron chi connectivity index (χ1n) is 6.94. The van der Waals surface area contributed by atoms with Crippen molar-refractivity contribution in [2.75, 3.05) is 45.9 Å². The number of benzene rings is 1. The topological polar surface area (TPSA) is 44.8 Å². The maximum atomic E-state index is 12.4. The van der Waals surface area contributed by atoms with Crippen LogP contribution in [0.2, 0.25) is 0 Å². The van der Waals surface area contributed by atoms with Crippen molar-refractivity contribution >= 4 is 23.5 Å². The van der Waals surface area contributed by atoms with Gasteiger partial charge in [-0.25, -0.2) is 4.79 Å². The Bertz CT molecular complexity index is 478. The number of carbonyl (C=O) groups is 1. The third-order valence-corrected chi connectivity index (χ3v) is 4.90. The summed E-state index contributed by atoms with van der Waals surface area (Å²) in [6.07, 6.45) is 2.10. The highest BCUT2D eigenvalue weighted by Gasteiger charge is 2.35. The predicted molar refractivity (Wildman–Crippen MR) is 88.4 cm³/mol. The van der Waals surface area contributed by atoms with Crippen LogP contribution in [0.3, 0.4) is 0 Å². The summed E-state index contributed by atoms with van der Waals surface area (Å²) in [6.45, 7) is 1.55. The summed E-state index contributed by atoms with van der Waals surface area (Å²) in [7, 11) is 5.76. The van der Waals surface area contributed by atoms with Gasteiger partial charge >= 0.3 is 6.03 Å². The van der Waals surface area contributed by atoms with Crippen molar-refractivity contribution in [2.45, 2.75) is 11.3 Å². The van der Waals surface area contributed by atoms with E-state index >= 15 is 0 Å². The second-order valence-corrected chi connectivity index (χ2v) is 6.45. The Kier molecular flexibility index (Phi) is 5.36. The quantitative estimate of drug-likeness (QED) is 0.926. The molecule has 21 heavy (non-hydrogen) atoms. The zero-order valence-corrected chi connectivity index (χ0v) is 13.8. The van der Waals surface area contributed by atoms with Gasteiger partial charge in [0.05, 0.1) is 7.11 Å². The fourth-order valence-electron chi connectivity index (χ4n) is 2.53. The largest absolute Gasteiger partial charge is 0.497 e. The van der Waals surface area contributed by atoms with Crippen molar-refractivity contribution in [1.82, 2.24) is 9.80 Å². The lowest BCUT2D eigenvalue weighted by Gasteiger charge is -2.23. The number of methoxy groups -OCH3 is 1. The Morgan fingerprint density at radius 1 is 1.33 bits per heavy atom. The second-order valence-electron chi connectivity index (χ2n) is 5.37. The number of nitrogens with one attached hydrogen (secondary N) is 1. The molecule has 2 rings (SSSR count). The number of hydrogen-bond donors (Lipinski definition) is 1. The van der Waals surface area contributed by atoms with Crippen LogP contribution >= 0.6 is 11.8 Å². The van der Waals surface area contributed by atoms with Crippen molar-refractivity contribution in [3.8, 4) is 5.75 Å². The van der Waals surface area contributed by atoms with E-state index in [2.05, 4.69) is 30.6 Å². The van der Waals surface area contributed by atoms with Crippen LogP contribution in [0, 0.1) is 0 Å². The summed E-state index contributed by atoms with van der Waals surface area (Å²) >= 11 is 1.82. The number of amides is 2. The van der Waals surface area contributed by atoms with E-state index in [1.807, 2.05) is 40.9 Å². The first-order chi connectivity index (χ1) is 10.0. The Morgan fingerprint density at radius 3 is 2.48 bits per heavy atom. The highest BCUT2D eigenvalue weighted by atomic mass is 32.2. The molecule has 0 radical (unpaired) electrons. The summed E-state index contributed by atoms with van der Waals surface area (Å²) in [5, 5.41) is 3.40. The molecule has 1 aliphatic rings. The third-order valence-electron chi connectivity index (χ3n) is 3.83. The average molecular weight is 309 g/mol. The Hall–Kier alpha value is -1.40. The van der Waals surface area contributed by atoms with Gasteiger partial charge in [0, 0.05) is 30.1 Å². The number of nitrogens with zero attached hydrogens (tertiary/aromatic N) is 2. The van der Waals surface area contributed by atoms with E-state index in [-0.39, 0.29) is 6.03 Å². The molecule has 0 spiro atoms. The highest BCUT2D eigenvalue weighted by molar-refractivity contribution is 7.99. The fraction of sp³-hybridized carbons (Fsp3) is 0.533. The monoisotopic (exact) mass is 309 g/mol. The number of carbonyl (C=O) groups excluding carboxylic acids is 1. The summed E-state index contributed by atoms with van der Waals surface area (Å²) < 4.78 is 5.11. The van der Waals surface area contributed by atoms with Crippen molar-refractivity contribution in [3.05, 3.63) is 24.3 Å². The molecule has 6 heteroatoms. The van der Waals surface area contributed by atoms with Gasteiger partial charge in [0.1, 0.15) is 5.75 Å². The van der Waals surface area contributed by atoms with E-state index in [1.165, 1.54) is 0 Å². The molecule has 1 N–H and O–H groups in total. The summed E-state index contributed by atoms with van der Waals surface area (Å²) in [5.41, 5.74) is 0.787. The summed E-state index contributed by atoms with van der Waals surface area (Å²) in [5.74, 6) is 0.782. The molecule has 2 atom stereocenters. The van der Waals surface area contributed by atoms with Gasteiger partial charge in [0.25, 0.3) is 0 Å². The van der Waals surface area contributed by atoms with E-state index in [0.717, 1.165) is 24.5 Å². The number of likely N-dealkylation sites (tertiary alicyclic amines) is 1. The number of hydrogen-bond acceptors (Lipinski definition) is 4. The lowest BCUT2D eigenvalue weighted by Crippen LogP contribution is -2.38. The third kappa shape index (κ3) is 3.83. The smallest absolute Gasteiger partial charge is 0.321 e. The van der Waals surface area contributed by atoms with Gasteiger partial charge < -0.3 is 19.9 Å². The number of likely N-dealkylation sites (N-methyl/N-ethyl adjacent to an activating group) is 1. The molecule has 1 aliphatic heterocycles. The van der Waals surface area contributed by atoms with Gasteiger partial charge in [0.15, 0.2) is 0 Å². The minimum Gasteiger partial charge on any atom is -0.497 e. The van der Waals surface area contributed by atoms with Crippen LogP contribution in [0.4, 0.5) is 10.5 Å². The molecule has 2 amide bonds. The molecule has 0 bridgehead atoms. The van der Waals surface area contributed by atoms with Crippen LogP contribution in [-0.2, 0) is 0 Å². The number of ether oxygens (including phenoxy) is 1. The SMILES string of the molecule is COc1ccc(NC(=O)N2C[C@H](SC)[C@@H](N(C)C)C2)cc1. The first kappa shape index (κ1) is 16.0. The van der Waals surface area contributed by atoms with E-state index in [1.54, 1.807) is 7.11 Å². The zero-order chi connectivity index (χ0) is 15.4. The first-order valence-corrected chi connectivity index (χ1v) is 8.23. The normalized spacial score (nSPS) is 21.7. The highest BCUT2D eigenvalue weighted by Crippen LogP contribution is 2.25. The van der Waals surface area contributed by atoms with Gasteiger partial charge in [-0.1, -0.05) is 0 Å². The van der Waals surface area contributed by atoms with E-state index in [9.17, 15) is 4.79 Å². The molecule has 1 aromatic rings. The zero-order valence-electron chi connectivity index (χ0n) is 13.0. The number of anilines is 1. The van der Waals surface area contributed by atoms with Gasteiger partial charge in [-0.2, -0.15) is 11.8 Å². The van der Waals surface area contributed by atoms with Gasteiger partial charge in [-0.05, 0) is 44.6 Å². The predicted octanol–water partition coefficient (Wildman–Crippen LogP) is 2.20. The van der Waals surface area contributed by atoms with Crippen LogP contribution in [0.5, 0.6) is 5.75 Å². The molecule has 116 valence electrons. The van der Waals surface area contributed by atoms with Crippen molar-refractivity contribution < 1.29 is 9.53 Å². The Morgan fingerprint density at radius 2 is 2.00 bits per heavy atom. The molecule has 0 aromatic heterocycles. The van der Waals surface area contributed by atoms with Crippen molar-refractivity contribution in [3.63, 3.8) is 0 Å². The Labute approximate surface area is 130 Å². The second kappa shape index (κ2) is 7.04. The number of rotatable bonds is 4. The molecule has 1 saturated heterocycles.